The Morgan fingerprint density at radius 1 is 0.960 bits per heavy atom. The zero-order chi connectivity index (χ0) is 17.7. The van der Waals surface area contributed by atoms with Gasteiger partial charge < -0.3 is 33.3 Å². The lowest BCUT2D eigenvalue weighted by molar-refractivity contribution is -0.236. The van der Waals surface area contributed by atoms with Gasteiger partial charge in [-0.15, -0.1) is 0 Å². The number of hydrogen-bond acceptors (Lipinski definition) is 7. The third kappa shape index (κ3) is 3.88. The Hall–Kier alpha value is -0.280. The monoisotopic (exact) mass is 357 g/mol. The zero-order valence-corrected chi connectivity index (χ0v) is 15.7. The number of likely N-dealkylation sites (tertiary alicyclic amines) is 1. The Labute approximate surface area is 149 Å². The predicted octanol–water partition coefficient (Wildman–Crippen LogP) is 1.50. The summed E-state index contributed by atoms with van der Waals surface area (Å²) in [6, 6.07) is 0. The van der Waals surface area contributed by atoms with Gasteiger partial charge in [0.15, 0.2) is 17.9 Å². The minimum absolute atomic E-state index is 0.173. The summed E-state index contributed by atoms with van der Waals surface area (Å²) in [5.74, 6) is -1.24. The summed E-state index contributed by atoms with van der Waals surface area (Å²) >= 11 is 0. The van der Waals surface area contributed by atoms with Gasteiger partial charge in [0.25, 0.3) is 0 Å². The van der Waals surface area contributed by atoms with Gasteiger partial charge in [-0.05, 0) is 53.6 Å². The van der Waals surface area contributed by atoms with Crippen molar-refractivity contribution < 1.29 is 28.4 Å². The van der Waals surface area contributed by atoms with E-state index in [4.69, 9.17) is 28.4 Å². The van der Waals surface area contributed by atoms with Crippen LogP contribution in [0.4, 0.5) is 0 Å². The molecule has 4 saturated heterocycles. The highest BCUT2D eigenvalue weighted by Crippen LogP contribution is 2.41. The van der Waals surface area contributed by atoms with Crippen LogP contribution >= 0.6 is 0 Å². The molecular weight excluding hydrogens is 326 g/mol. The third-order valence-corrected chi connectivity index (χ3v) is 5.34. The topological polar surface area (TPSA) is 58.6 Å². The molecule has 4 heterocycles. The van der Waals surface area contributed by atoms with Crippen molar-refractivity contribution in [3.8, 4) is 0 Å². The highest BCUT2D eigenvalue weighted by atomic mass is 16.8. The van der Waals surface area contributed by atoms with Gasteiger partial charge in [0.1, 0.15) is 24.4 Å². The highest BCUT2D eigenvalue weighted by molar-refractivity contribution is 4.98. The van der Waals surface area contributed by atoms with Gasteiger partial charge in [-0.1, -0.05) is 0 Å². The summed E-state index contributed by atoms with van der Waals surface area (Å²) in [5, 5.41) is 0. The first-order valence-electron chi connectivity index (χ1n) is 9.50. The van der Waals surface area contributed by atoms with Crippen molar-refractivity contribution in [2.45, 2.75) is 82.8 Å². The van der Waals surface area contributed by atoms with Crippen LogP contribution in [-0.4, -0.2) is 80.0 Å². The molecule has 25 heavy (non-hydrogen) atoms. The normalized spacial score (nSPS) is 43.0. The summed E-state index contributed by atoms with van der Waals surface area (Å²) in [5.41, 5.74) is 0. The molecule has 0 aliphatic carbocycles. The quantitative estimate of drug-likeness (QED) is 0.739. The maximum absolute atomic E-state index is 6.26. The van der Waals surface area contributed by atoms with Crippen LogP contribution in [0, 0.1) is 0 Å². The van der Waals surface area contributed by atoms with Crippen LogP contribution < -0.4 is 0 Å². The molecule has 0 aromatic rings. The molecule has 4 aliphatic heterocycles. The summed E-state index contributed by atoms with van der Waals surface area (Å²) in [7, 11) is 0. The van der Waals surface area contributed by atoms with Gasteiger partial charge in [-0.3, -0.25) is 0 Å². The van der Waals surface area contributed by atoms with Gasteiger partial charge in [0, 0.05) is 6.54 Å². The van der Waals surface area contributed by atoms with Crippen molar-refractivity contribution in [3.63, 3.8) is 0 Å². The molecule has 4 aliphatic rings. The predicted molar refractivity (Wildman–Crippen MR) is 89.0 cm³/mol. The van der Waals surface area contributed by atoms with Crippen LogP contribution in [0.2, 0.25) is 0 Å². The fourth-order valence-electron chi connectivity index (χ4n) is 4.19. The number of ether oxygens (including phenoxy) is 6. The Morgan fingerprint density at radius 2 is 1.72 bits per heavy atom. The number of fused-ring (bicyclic) bond motifs is 1. The van der Waals surface area contributed by atoms with Crippen molar-refractivity contribution in [2.75, 3.05) is 32.8 Å². The van der Waals surface area contributed by atoms with E-state index in [9.17, 15) is 0 Å². The Balaban J connectivity index is 1.40. The molecule has 144 valence electrons. The molecule has 0 N–H and O–H groups in total. The lowest BCUT2D eigenvalue weighted by Crippen LogP contribution is -2.45. The van der Waals surface area contributed by atoms with Crippen molar-refractivity contribution in [1.29, 1.82) is 0 Å². The summed E-state index contributed by atoms with van der Waals surface area (Å²) in [4.78, 5) is 2.44. The van der Waals surface area contributed by atoms with E-state index in [0.717, 1.165) is 6.54 Å². The van der Waals surface area contributed by atoms with Crippen LogP contribution in [0.25, 0.3) is 0 Å². The largest absolute Gasteiger partial charge is 0.371 e. The highest BCUT2D eigenvalue weighted by Gasteiger charge is 2.58. The van der Waals surface area contributed by atoms with Crippen molar-refractivity contribution in [3.05, 3.63) is 0 Å². The maximum Gasteiger partial charge on any atom is 0.190 e. The van der Waals surface area contributed by atoms with Crippen LogP contribution in [0.1, 0.15) is 40.5 Å². The van der Waals surface area contributed by atoms with Gasteiger partial charge >= 0.3 is 0 Å². The molecule has 4 fully saturated rings. The molecule has 7 nitrogen and oxygen atoms in total. The molecule has 0 spiro atoms. The molecule has 0 amide bonds. The molecule has 0 aromatic carbocycles. The van der Waals surface area contributed by atoms with Crippen LogP contribution in [-0.2, 0) is 28.4 Å². The number of hydrogen-bond donors (Lipinski definition) is 0. The van der Waals surface area contributed by atoms with E-state index in [1.807, 2.05) is 27.7 Å². The molecule has 7 heteroatoms. The summed E-state index contributed by atoms with van der Waals surface area (Å²) in [6.07, 6.45) is 1.30. The number of nitrogens with zero attached hydrogens (tertiary/aromatic N) is 1. The summed E-state index contributed by atoms with van der Waals surface area (Å²) in [6.45, 7) is 12.1. The Bertz CT molecular complexity index is 478. The van der Waals surface area contributed by atoms with Crippen molar-refractivity contribution in [1.82, 2.24) is 4.90 Å². The second-order valence-electron chi connectivity index (χ2n) is 8.32. The molecule has 2 unspecified atom stereocenters. The second kappa shape index (κ2) is 6.71. The molecule has 0 radical (unpaired) electrons. The van der Waals surface area contributed by atoms with E-state index >= 15 is 0 Å². The van der Waals surface area contributed by atoms with Gasteiger partial charge in [-0.25, -0.2) is 0 Å². The average molecular weight is 357 g/mol. The smallest absolute Gasteiger partial charge is 0.190 e. The van der Waals surface area contributed by atoms with Crippen molar-refractivity contribution in [2.24, 2.45) is 0 Å². The molecule has 0 saturated carbocycles. The SMILES string of the molecule is CC1(C)OC2O[C@H]([C@H]3COC(C)(C)O3)[C@H](OCCN3CCCC3)C2O1. The van der Waals surface area contributed by atoms with E-state index in [2.05, 4.69) is 4.90 Å². The van der Waals surface area contributed by atoms with Crippen LogP contribution in [0.15, 0.2) is 0 Å². The minimum Gasteiger partial charge on any atom is -0.371 e. The average Bonchev–Trinajstić information content (AvgIpc) is 3.25. The fourth-order valence-corrected chi connectivity index (χ4v) is 4.19. The van der Waals surface area contributed by atoms with Crippen LogP contribution in [0.5, 0.6) is 0 Å². The molecular formula is C18H31NO6. The summed E-state index contributed by atoms with van der Waals surface area (Å²) < 4.78 is 36.1. The number of rotatable bonds is 5. The van der Waals surface area contributed by atoms with E-state index in [-0.39, 0.29) is 24.4 Å². The van der Waals surface area contributed by atoms with E-state index in [1.165, 1.54) is 25.9 Å². The van der Waals surface area contributed by atoms with E-state index < -0.39 is 17.9 Å². The molecule has 0 bridgehead atoms. The van der Waals surface area contributed by atoms with Crippen LogP contribution in [0.3, 0.4) is 0 Å². The van der Waals surface area contributed by atoms with Gasteiger partial charge in [-0.2, -0.15) is 0 Å². The maximum atomic E-state index is 6.26. The lowest BCUT2D eigenvalue weighted by Gasteiger charge is -2.29. The lowest BCUT2D eigenvalue weighted by atomic mass is 10.1. The first-order valence-corrected chi connectivity index (χ1v) is 9.50. The molecule has 4 rings (SSSR count). The third-order valence-electron chi connectivity index (χ3n) is 5.34. The van der Waals surface area contributed by atoms with Gasteiger partial charge in [0.05, 0.1) is 13.2 Å². The van der Waals surface area contributed by atoms with E-state index in [1.54, 1.807) is 0 Å². The Kier molecular flexibility index (Phi) is 4.86. The Morgan fingerprint density at radius 3 is 2.40 bits per heavy atom. The molecule has 0 aromatic heterocycles. The minimum atomic E-state index is -0.650. The van der Waals surface area contributed by atoms with Crippen molar-refractivity contribution >= 4 is 0 Å². The second-order valence-corrected chi connectivity index (χ2v) is 8.32. The van der Waals surface area contributed by atoms with E-state index in [0.29, 0.717) is 13.2 Å². The first-order chi connectivity index (χ1) is 11.8. The van der Waals surface area contributed by atoms with Gasteiger partial charge in [0.2, 0.25) is 0 Å². The first kappa shape index (κ1) is 18.1. The fraction of sp³-hybridized carbons (Fsp3) is 1.00. The molecule has 5 atom stereocenters. The standard InChI is InChI=1S/C18H31NO6/c1-17(2)21-11-12(23-17)13-14(20-10-9-19-7-5-6-8-19)15-16(22-13)25-18(3,4)24-15/h12-16H,5-11H2,1-4H3/t12-,13-,14+,15?,16?/m1/s1. The zero-order valence-electron chi connectivity index (χ0n) is 15.7.